The van der Waals surface area contributed by atoms with Crippen LogP contribution < -0.4 is 5.32 Å². The zero-order valence-corrected chi connectivity index (χ0v) is 18.9. The molecule has 3 aromatic rings. The number of hydrogen-bond acceptors (Lipinski definition) is 5. The summed E-state index contributed by atoms with van der Waals surface area (Å²) in [5.41, 5.74) is 2.51. The van der Waals surface area contributed by atoms with E-state index in [-0.39, 0.29) is 11.9 Å². The highest BCUT2D eigenvalue weighted by molar-refractivity contribution is 5.88. The van der Waals surface area contributed by atoms with Gasteiger partial charge in [0, 0.05) is 37.7 Å². The Morgan fingerprint density at radius 2 is 2.09 bits per heavy atom. The first-order valence-corrected chi connectivity index (χ1v) is 11.1. The van der Waals surface area contributed by atoms with Crippen molar-refractivity contribution in [2.24, 2.45) is 5.92 Å². The predicted molar refractivity (Wildman–Crippen MR) is 127 cm³/mol. The van der Waals surface area contributed by atoms with Crippen molar-refractivity contribution in [1.82, 2.24) is 24.8 Å². The number of aromatic amines is 1. The summed E-state index contributed by atoms with van der Waals surface area (Å²) < 4.78 is 0. The molecular weight excluding hydrogens is 400 g/mol. The number of carbonyl (C=O) groups is 1. The molecule has 4 rings (SSSR count). The van der Waals surface area contributed by atoms with Crippen LogP contribution in [0.5, 0.6) is 0 Å². The van der Waals surface area contributed by atoms with Gasteiger partial charge in [-0.05, 0) is 50.6 Å². The van der Waals surface area contributed by atoms with Crippen LogP contribution in [0.15, 0.2) is 42.7 Å². The molecule has 0 aliphatic carbocycles. The molecule has 7 heteroatoms. The molecule has 1 aliphatic rings. The highest BCUT2D eigenvalue weighted by atomic mass is 16.2. The Morgan fingerprint density at radius 3 is 2.88 bits per heavy atom. The molecule has 0 spiro atoms. The maximum atomic E-state index is 12.7. The average molecular weight is 431 g/mol. The van der Waals surface area contributed by atoms with Gasteiger partial charge in [-0.15, -0.1) is 0 Å². The molecule has 1 fully saturated rings. The topological polar surface area (TPSA) is 77.1 Å². The normalized spacial score (nSPS) is 16.8. The molecule has 1 aromatic carbocycles. The van der Waals surface area contributed by atoms with E-state index in [9.17, 15) is 4.79 Å². The Bertz CT molecular complexity index is 1130. The number of aromatic nitrogens is 3. The number of amides is 1. The molecule has 2 aromatic heterocycles. The van der Waals surface area contributed by atoms with Gasteiger partial charge in [0.1, 0.15) is 17.8 Å². The van der Waals surface area contributed by atoms with Crippen LogP contribution in [0.25, 0.3) is 11.0 Å². The SMILES string of the molecule is CC(CC(=O)N1CCC(Nc2ncnc3[nH]c(C#Cc4ccccc4)cc23)C1)CN(C)C. The van der Waals surface area contributed by atoms with E-state index in [0.29, 0.717) is 18.9 Å². The van der Waals surface area contributed by atoms with E-state index in [4.69, 9.17) is 0 Å². The third-order valence-corrected chi connectivity index (χ3v) is 5.62. The van der Waals surface area contributed by atoms with Crippen LogP contribution in [-0.2, 0) is 4.79 Å². The molecule has 1 saturated heterocycles. The molecule has 0 radical (unpaired) electrons. The second-order valence-electron chi connectivity index (χ2n) is 8.82. The Hall–Kier alpha value is -3.37. The van der Waals surface area contributed by atoms with Gasteiger partial charge in [-0.1, -0.05) is 31.0 Å². The van der Waals surface area contributed by atoms with Crippen LogP contribution in [0.2, 0.25) is 0 Å². The summed E-state index contributed by atoms with van der Waals surface area (Å²) in [5, 5.41) is 4.43. The minimum atomic E-state index is 0.176. The number of H-pyrrole nitrogens is 1. The number of nitrogens with one attached hydrogen (secondary N) is 2. The third kappa shape index (κ3) is 5.45. The van der Waals surface area contributed by atoms with Gasteiger partial charge in [0.25, 0.3) is 0 Å². The van der Waals surface area contributed by atoms with E-state index in [1.54, 1.807) is 6.33 Å². The minimum Gasteiger partial charge on any atom is -0.365 e. The van der Waals surface area contributed by atoms with Crippen molar-refractivity contribution in [2.45, 2.75) is 25.8 Å². The van der Waals surface area contributed by atoms with Crippen LogP contribution in [0.4, 0.5) is 5.82 Å². The first-order chi connectivity index (χ1) is 15.5. The maximum absolute atomic E-state index is 12.7. The molecule has 166 valence electrons. The third-order valence-electron chi connectivity index (χ3n) is 5.62. The molecule has 7 nitrogen and oxygen atoms in total. The molecule has 1 amide bonds. The van der Waals surface area contributed by atoms with Crippen LogP contribution in [0.3, 0.4) is 0 Å². The zero-order chi connectivity index (χ0) is 22.5. The van der Waals surface area contributed by atoms with Crippen molar-refractivity contribution in [2.75, 3.05) is 39.0 Å². The predicted octanol–water partition coefficient (Wildman–Crippen LogP) is 2.96. The average Bonchev–Trinajstić information content (AvgIpc) is 3.40. The summed E-state index contributed by atoms with van der Waals surface area (Å²) in [5.74, 6) is 7.69. The monoisotopic (exact) mass is 430 g/mol. The number of fused-ring (bicyclic) bond motifs is 1. The molecule has 2 unspecified atom stereocenters. The highest BCUT2D eigenvalue weighted by Crippen LogP contribution is 2.23. The number of anilines is 1. The van der Waals surface area contributed by atoms with Gasteiger partial charge in [-0.25, -0.2) is 9.97 Å². The summed E-state index contributed by atoms with van der Waals surface area (Å²) in [6.07, 6.45) is 3.05. The fourth-order valence-corrected chi connectivity index (χ4v) is 4.20. The van der Waals surface area contributed by atoms with Crippen molar-refractivity contribution in [3.05, 3.63) is 54.0 Å². The molecule has 32 heavy (non-hydrogen) atoms. The van der Waals surface area contributed by atoms with Gasteiger partial charge in [0.15, 0.2) is 0 Å². The van der Waals surface area contributed by atoms with E-state index in [1.165, 1.54) is 0 Å². The van der Waals surface area contributed by atoms with E-state index in [2.05, 4.69) is 43.9 Å². The van der Waals surface area contributed by atoms with Crippen LogP contribution in [0.1, 0.15) is 31.0 Å². The van der Waals surface area contributed by atoms with E-state index in [0.717, 1.165) is 47.6 Å². The summed E-state index contributed by atoms with van der Waals surface area (Å²) in [6, 6.07) is 12.0. The van der Waals surface area contributed by atoms with E-state index in [1.807, 2.05) is 55.4 Å². The number of hydrogen-bond donors (Lipinski definition) is 2. The van der Waals surface area contributed by atoms with Crippen molar-refractivity contribution >= 4 is 22.8 Å². The quantitative estimate of drug-likeness (QED) is 0.588. The Labute approximate surface area is 189 Å². The van der Waals surface area contributed by atoms with Crippen LogP contribution in [-0.4, -0.2) is 70.4 Å². The number of nitrogens with zero attached hydrogens (tertiary/aromatic N) is 4. The Kier molecular flexibility index (Phi) is 6.72. The Morgan fingerprint density at radius 1 is 1.28 bits per heavy atom. The summed E-state index contributed by atoms with van der Waals surface area (Å²) in [6.45, 7) is 4.53. The fraction of sp³-hybridized carbons (Fsp3) is 0.400. The first-order valence-electron chi connectivity index (χ1n) is 11.1. The molecule has 2 atom stereocenters. The first kappa shape index (κ1) is 21.8. The van der Waals surface area contributed by atoms with Crippen LogP contribution >= 0.6 is 0 Å². The summed E-state index contributed by atoms with van der Waals surface area (Å²) >= 11 is 0. The standard InChI is InChI=1S/C25H30N6O/c1-18(15-30(2)3)13-23(32)31-12-11-21(16-31)29-25-22-14-20(28-24(22)26-17-27-25)10-9-19-7-5-4-6-8-19/h4-8,14,17-18,21H,11-13,15-16H2,1-3H3,(H2,26,27,28,29). The van der Waals surface area contributed by atoms with Gasteiger partial charge in [0.05, 0.1) is 11.1 Å². The number of likely N-dealkylation sites (tertiary alicyclic amines) is 1. The van der Waals surface area contributed by atoms with Crippen LogP contribution in [0, 0.1) is 17.8 Å². The Balaban J connectivity index is 1.41. The fourth-order valence-electron chi connectivity index (χ4n) is 4.20. The lowest BCUT2D eigenvalue weighted by atomic mass is 10.1. The molecule has 1 aliphatic heterocycles. The number of benzene rings is 1. The molecule has 0 bridgehead atoms. The maximum Gasteiger partial charge on any atom is 0.222 e. The molecule has 3 heterocycles. The lowest BCUT2D eigenvalue weighted by Gasteiger charge is -2.21. The van der Waals surface area contributed by atoms with Crippen molar-refractivity contribution in [1.29, 1.82) is 0 Å². The summed E-state index contributed by atoms with van der Waals surface area (Å²) in [4.78, 5) is 28.8. The van der Waals surface area contributed by atoms with Gasteiger partial charge >= 0.3 is 0 Å². The lowest BCUT2D eigenvalue weighted by Crippen LogP contribution is -2.34. The van der Waals surface area contributed by atoms with Gasteiger partial charge in [-0.3, -0.25) is 4.79 Å². The molecule has 0 saturated carbocycles. The van der Waals surface area contributed by atoms with E-state index >= 15 is 0 Å². The molecule has 2 N–H and O–H groups in total. The summed E-state index contributed by atoms with van der Waals surface area (Å²) in [7, 11) is 4.08. The minimum absolute atomic E-state index is 0.176. The van der Waals surface area contributed by atoms with Gasteiger partial charge in [-0.2, -0.15) is 0 Å². The largest absolute Gasteiger partial charge is 0.365 e. The van der Waals surface area contributed by atoms with Gasteiger partial charge in [0.2, 0.25) is 5.91 Å². The number of rotatable bonds is 6. The zero-order valence-electron chi connectivity index (χ0n) is 18.9. The van der Waals surface area contributed by atoms with Crippen molar-refractivity contribution < 1.29 is 4.79 Å². The smallest absolute Gasteiger partial charge is 0.222 e. The van der Waals surface area contributed by atoms with Gasteiger partial charge < -0.3 is 20.1 Å². The number of carbonyl (C=O) groups excluding carboxylic acids is 1. The lowest BCUT2D eigenvalue weighted by molar-refractivity contribution is -0.131. The molecular formula is C25H30N6O. The highest BCUT2D eigenvalue weighted by Gasteiger charge is 2.27. The second-order valence-corrected chi connectivity index (χ2v) is 8.82. The second kappa shape index (κ2) is 9.84. The van der Waals surface area contributed by atoms with Crippen molar-refractivity contribution in [3.63, 3.8) is 0 Å². The van der Waals surface area contributed by atoms with Crippen molar-refractivity contribution in [3.8, 4) is 11.8 Å². The van der Waals surface area contributed by atoms with E-state index < -0.39 is 0 Å².